The minimum Gasteiger partial charge on any atom is -0.354 e. The SMILES string of the molecule is CC(C)NC(=O)[CH]CSCC(=O)NCCN1CCNCC1. The Labute approximate surface area is 131 Å². The molecular formula is C14H27N4O2S. The normalized spacial score (nSPS) is 16.0. The zero-order chi connectivity index (χ0) is 15.5. The van der Waals surface area contributed by atoms with Gasteiger partial charge in [-0.05, 0) is 13.8 Å². The Morgan fingerprint density at radius 1 is 1.33 bits per heavy atom. The lowest BCUT2D eigenvalue weighted by Crippen LogP contribution is -2.46. The lowest BCUT2D eigenvalue weighted by Gasteiger charge is -2.27. The van der Waals surface area contributed by atoms with Crippen molar-refractivity contribution in [2.75, 3.05) is 50.8 Å². The molecule has 0 spiro atoms. The van der Waals surface area contributed by atoms with Crippen LogP contribution in [0.4, 0.5) is 0 Å². The Balaban J connectivity index is 1.94. The number of piperazine rings is 1. The zero-order valence-electron chi connectivity index (χ0n) is 13.0. The van der Waals surface area contributed by atoms with Gasteiger partial charge in [0.05, 0.1) is 12.2 Å². The van der Waals surface area contributed by atoms with Crippen LogP contribution < -0.4 is 16.0 Å². The smallest absolute Gasteiger partial charge is 0.230 e. The second-order valence-corrected chi connectivity index (χ2v) is 6.35. The molecule has 1 rings (SSSR count). The maximum atomic E-state index is 11.6. The number of rotatable bonds is 9. The van der Waals surface area contributed by atoms with E-state index in [-0.39, 0.29) is 17.9 Å². The van der Waals surface area contributed by atoms with Crippen molar-refractivity contribution in [1.29, 1.82) is 0 Å². The van der Waals surface area contributed by atoms with E-state index in [4.69, 9.17) is 0 Å². The maximum absolute atomic E-state index is 11.6. The van der Waals surface area contributed by atoms with E-state index in [1.54, 1.807) is 6.42 Å². The summed E-state index contributed by atoms with van der Waals surface area (Å²) in [5.41, 5.74) is 0. The number of thioether (sulfide) groups is 1. The summed E-state index contributed by atoms with van der Waals surface area (Å²) in [6.45, 7) is 9.58. The molecule has 0 atom stereocenters. The quantitative estimate of drug-likeness (QED) is 0.499. The topological polar surface area (TPSA) is 73.5 Å². The number of nitrogens with zero attached hydrogens (tertiary/aromatic N) is 1. The van der Waals surface area contributed by atoms with Gasteiger partial charge in [0.15, 0.2) is 0 Å². The molecule has 1 aliphatic rings. The predicted octanol–water partition coefficient (Wildman–Crippen LogP) is -0.530. The van der Waals surface area contributed by atoms with E-state index in [2.05, 4.69) is 20.9 Å². The summed E-state index contributed by atoms with van der Waals surface area (Å²) in [6.07, 6.45) is 1.58. The van der Waals surface area contributed by atoms with Gasteiger partial charge in [0.25, 0.3) is 0 Å². The van der Waals surface area contributed by atoms with Crippen LogP contribution in [0.1, 0.15) is 13.8 Å². The highest BCUT2D eigenvalue weighted by Gasteiger charge is 2.09. The number of hydrogen-bond donors (Lipinski definition) is 3. The van der Waals surface area contributed by atoms with E-state index in [9.17, 15) is 9.59 Å². The first kappa shape index (κ1) is 18.3. The van der Waals surface area contributed by atoms with Crippen LogP contribution in [0.25, 0.3) is 0 Å². The van der Waals surface area contributed by atoms with Crippen LogP contribution >= 0.6 is 11.8 Å². The highest BCUT2D eigenvalue weighted by atomic mass is 32.2. The molecule has 0 aromatic rings. The third-order valence-corrected chi connectivity index (χ3v) is 3.88. The molecule has 0 bridgehead atoms. The van der Waals surface area contributed by atoms with Gasteiger partial charge in [-0.15, -0.1) is 0 Å². The Morgan fingerprint density at radius 2 is 2.05 bits per heavy atom. The maximum Gasteiger partial charge on any atom is 0.230 e. The fraction of sp³-hybridized carbons (Fsp3) is 0.786. The van der Waals surface area contributed by atoms with Gasteiger partial charge in [0.1, 0.15) is 0 Å². The largest absolute Gasteiger partial charge is 0.354 e. The van der Waals surface area contributed by atoms with Crippen LogP contribution in [0.15, 0.2) is 0 Å². The van der Waals surface area contributed by atoms with E-state index in [1.807, 2.05) is 13.8 Å². The predicted molar refractivity (Wildman–Crippen MR) is 87.2 cm³/mol. The molecule has 1 heterocycles. The first-order valence-electron chi connectivity index (χ1n) is 7.49. The van der Waals surface area contributed by atoms with Gasteiger partial charge in [-0.3, -0.25) is 14.5 Å². The average molecular weight is 315 g/mol. The van der Waals surface area contributed by atoms with Crippen LogP contribution in [-0.4, -0.2) is 73.5 Å². The standard InChI is InChI=1S/C14H27N4O2S/c1-12(2)17-13(19)3-10-21-11-14(20)16-6-9-18-7-4-15-5-8-18/h3,12,15H,4-11H2,1-2H3,(H,16,20)(H,17,19). The fourth-order valence-corrected chi connectivity index (χ4v) is 2.64. The molecule has 0 aliphatic carbocycles. The van der Waals surface area contributed by atoms with Crippen molar-refractivity contribution in [2.45, 2.75) is 19.9 Å². The van der Waals surface area contributed by atoms with Crippen LogP contribution in [0, 0.1) is 6.42 Å². The van der Waals surface area contributed by atoms with Crippen LogP contribution in [-0.2, 0) is 9.59 Å². The number of nitrogens with one attached hydrogen (secondary N) is 3. The molecule has 2 amide bonds. The summed E-state index contributed by atoms with van der Waals surface area (Å²) in [5, 5.41) is 9.00. The lowest BCUT2D eigenvalue weighted by molar-refractivity contribution is -0.119. The number of amides is 2. The van der Waals surface area contributed by atoms with E-state index in [0.29, 0.717) is 18.1 Å². The van der Waals surface area contributed by atoms with Gasteiger partial charge in [0.2, 0.25) is 11.8 Å². The Hall–Kier alpha value is -0.790. The molecule has 6 nitrogen and oxygen atoms in total. The summed E-state index contributed by atoms with van der Waals surface area (Å²) in [5.74, 6) is 0.918. The molecule has 1 fully saturated rings. The first-order chi connectivity index (χ1) is 10.1. The minimum absolute atomic E-state index is 0.0350. The van der Waals surface area contributed by atoms with Crippen LogP contribution in [0.5, 0.6) is 0 Å². The Bertz CT molecular complexity index is 320. The van der Waals surface area contributed by atoms with Gasteiger partial charge < -0.3 is 16.0 Å². The lowest BCUT2D eigenvalue weighted by atomic mass is 10.3. The average Bonchev–Trinajstić information content (AvgIpc) is 2.44. The molecule has 0 unspecified atom stereocenters. The van der Waals surface area contributed by atoms with E-state index in [0.717, 1.165) is 32.7 Å². The van der Waals surface area contributed by atoms with Crippen LogP contribution in [0.3, 0.4) is 0 Å². The first-order valence-corrected chi connectivity index (χ1v) is 8.64. The summed E-state index contributed by atoms with van der Waals surface area (Å²) in [6, 6.07) is 0.145. The van der Waals surface area contributed by atoms with Gasteiger partial charge >= 0.3 is 0 Å². The number of hydrogen-bond acceptors (Lipinski definition) is 5. The highest BCUT2D eigenvalue weighted by molar-refractivity contribution is 8.00. The number of carbonyl (C=O) groups is 2. The summed E-state index contributed by atoms with van der Waals surface area (Å²) >= 11 is 1.45. The molecule has 0 aromatic carbocycles. The van der Waals surface area contributed by atoms with Crippen molar-refractivity contribution in [3.05, 3.63) is 6.42 Å². The zero-order valence-corrected chi connectivity index (χ0v) is 13.8. The molecule has 3 N–H and O–H groups in total. The van der Waals surface area contributed by atoms with Crippen molar-refractivity contribution in [2.24, 2.45) is 0 Å². The van der Waals surface area contributed by atoms with Gasteiger partial charge in [-0.1, -0.05) is 0 Å². The molecular weight excluding hydrogens is 288 g/mol. The molecule has 1 radical (unpaired) electrons. The molecule has 7 heteroatoms. The molecule has 21 heavy (non-hydrogen) atoms. The third kappa shape index (κ3) is 9.71. The minimum atomic E-state index is -0.0726. The van der Waals surface area contributed by atoms with Gasteiger partial charge in [-0.2, -0.15) is 11.8 Å². The summed E-state index contributed by atoms with van der Waals surface area (Å²) in [7, 11) is 0. The van der Waals surface area contributed by atoms with Crippen LogP contribution in [0.2, 0.25) is 0 Å². The van der Waals surface area contributed by atoms with Gasteiger partial charge in [0, 0.05) is 51.1 Å². The number of carbonyl (C=O) groups excluding carboxylic acids is 2. The third-order valence-electron chi connectivity index (χ3n) is 3.01. The monoisotopic (exact) mass is 315 g/mol. The molecule has 0 aromatic heterocycles. The second-order valence-electron chi connectivity index (χ2n) is 5.32. The van der Waals surface area contributed by atoms with Crippen molar-refractivity contribution in [3.8, 4) is 0 Å². The van der Waals surface area contributed by atoms with E-state index in [1.165, 1.54) is 11.8 Å². The fourth-order valence-electron chi connectivity index (χ4n) is 1.97. The molecule has 1 saturated heterocycles. The second kappa shape index (κ2) is 10.9. The van der Waals surface area contributed by atoms with Crippen molar-refractivity contribution >= 4 is 23.6 Å². The Morgan fingerprint density at radius 3 is 2.71 bits per heavy atom. The van der Waals surface area contributed by atoms with E-state index >= 15 is 0 Å². The summed E-state index contributed by atoms with van der Waals surface area (Å²) < 4.78 is 0. The van der Waals surface area contributed by atoms with Gasteiger partial charge in [-0.25, -0.2) is 0 Å². The molecule has 0 saturated carbocycles. The van der Waals surface area contributed by atoms with Crippen molar-refractivity contribution in [1.82, 2.24) is 20.9 Å². The highest BCUT2D eigenvalue weighted by Crippen LogP contribution is 2.01. The summed E-state index contributed by atoms with van der Waals surface area (Å²) in [4.78, 5) is 25.3. The van der Waals surface area contributed by atoms with Crippen molar-refractivity contribution in [3.63, 3.8) is 0 Å². The Kier molecular flexibility index (Phi) is 9.45. The van der Waals surface area contributed by atoms with Crippen molar-refractivity contribution < 1.29 is 9.59 Å². The molecule has 121 valence electrons. The molecule has 1 aliphatic heterocycles. The van der Waals surface area contributed by atoms with E-state index < -0.39 is 0 Å².